The highest BCUT2D eigenvalue weighted by atomic mass is 19.4. The van der Waals surface area contributed by atoms with Gasteiger partial charge in [-0.1, -0.05) is 43.0 Å². The lowest BCUT2D eigenvalue weighted by atomic mass is 10.0. The molecule has 3 nitrogen and oxygen atoms in total. The molecule has 0 saturated heterocycles. The van der Waals surface area contributed by atoms with Gasteiger partial charge in [0.05, 0.1) is 11.3 Å². The Kier molecular flexibility index (Phi) is 4.47. The van der Waals surface area contributed by atoms with Crippen LogP contribution in [0.25, 0.3) is 11.3 Å². The molecule has 0 aliphatic carbocycles. The molecule has 0 amide bonds. The van der Waals surface area contributed by atoms with Crippen molar-refractivity contribution < 1.29 is 17.9 Å². The largest absolute Gasteiger partial charge is 0.472 e. The van der Waals surface area contributed by atoms with Crippen LogP contribution in [-0.2, 0) is 6.18 Å². The van der Waals surface area contributed by atoms with Crippen LogP contribution in [0.5, 0.6) is 5.88 Å². The second kappa shape index (κ2) is 6.31. The van der Waals surface area contributed by atoms with E-state index >= 15 is 0 Å². The van der Waals surface area contributed by atoms with Gasteiger partial charge in [0.25, 0.3) is 0 Å². The first-order valence-corrected chi connectivity index (χ1v) is 6.29. The smallest absolute Gasteiger partial charge is 0.417 e. The predicted octanol–water partition coefficient (Wildman–Crippen LogP) is 4.20. The van der Waals surface area contributed by atoms with Gasteiger partial charge in [0.1, 0.15) is 18.2 Å². The molecule has 0 atom stereocenters. The van der Waals surface area contributed by atoms with E-state index in [2.05, 4.69) is 11.6 Å². The van der Waals surface area contributed by atoms with Gasteiger partial charge in [0.2, 0.25) is 5.88 Å². The summed E-state index contributed by atoms with van der Waals surface area (Å²) in [5.41, 5.74) is -1.11. The van der Waals surface area contributed by atoms with Crippen molar-refractivity contribution in [1.82, 2.24) is 4.98 Å². The van der Waals surface area contributed by atoms with Gasteiger partial charge in [0, 0.05) is 5.56 Å². The van der Waals surface area contributed by atoms with Gasteiger partial charge in [-0.15, -0.1) is 0 Å². The predicted molar refractivity (Wildman–Crippen MR) is 75.1 cm³/mol. The lowest BCUT2D eigenvalue weighted by Gasteiger charge is -2.14. The highest BCUT2D eigenvalue weighted by Crippen LogP contribution is 2.37. The van der Waals surface area contributed by atoms with Gasteiger partial charge in [-0.25, -0.2) is 4.98 Å². The van der Waals surface area contributed by atoms with E-state index in [1.54, 1.807) is 30.3 Å². The van der Waals surface area contributed by atoms with Crippen LogP contribution in [0, 0.1) is 11.3 Å². The Balaban J connectivity index is 2.67. The summed E-state index contributed by atoms with van der Waals surface area (Å²) in [6.07, 6.45) is -3.31. The van der Waals surface area contributed by atoms with Crippen molar-refractivity contribution >= 4 is 0 Å². The number of hydrogen-bond acceptors (Lipinski definition) is 3. The van der Waals surface area contributed by atoms with Crippen LogP contribution in [0.2, 0.25) is 0 Å². The fourth-order valence-electron chi connectivity index (χ4n) is 1.85. The molecule has 6 heteroatoms. The van der Waals surface area contributed by atoms with Gasteiger partial charge in [-0.2, -0.15) is 18.4 Å². The maximum Gasteiger partial charge on any atom is 0.417 e. The van der Waals surface area contributed by atoms with Crippen molar-refractivity contribution in [2.45, 2.75) is 6.18 Å². The number of rotatable bonds is 4. The minimum Gasteiger partial charge on any atom is -0.472 e. The first-order valence-electron chi connectivity index (χ1n) is 6.29. The van der Waals surface area contributed by atoms with E-state index < -0.39 is 17.3 Å². The third-order valence-electron chi connectivity index (χ3n) is 2.81. The average molecular weight is 304 g/mol. The number of ether oxygens (including phenoxy) is 1. The van der Waals surface area contributed by atoms with Crippen molar-refractivity contribution in [3.8, 4) is 23.2 Å². The molecule has 0 radical (unpaired) electrons. The van der Waals surface area contributed by atoms with Gasteiger partial charge in [-0.05, 0) is 6.07 Å². The van der Waals surface area contributed by atoms with E-state index in [1.807, 2.05) is 0 Å². The quantitative estimate of drug-likeness (QED) is 0.795. The van der Waals surface area contributed by atoms with E-state index in [0.29, 0.717) is 5.56 Å². The Morgan fingerprint density at radius 3 is 2.50 bits per heavy atom. The normalized spacial score (nSPS) is 10.8. The van der Waals surface area contributed by atoms with Crippen molar-refractivity contribution in [1.29, 1.82) is 5.26 Å². The molecule has 0 fully saturated rings. The SMILES string of the molecule is C=CCOc1nc(-c2ccccc2)cc(C(F)(F)F)c1C#N. The first kappa shape index (κ1) is 15.6. The summed E-state index contributed by atoms with van der Waals surface area (Å²) < 4.78 is 44.7. The Morgan fingerprint density at radius 1 is 1.27 bits per heavy atom. The van der Waals surface area contributed by atoms with E-state index in [4.69, 9.17) is 10.00 Å². The zero-order chi connectivity index (χ0) is 16.2. The lowest BCUT2D eigenvalue weighted by molar-refractivity contribution is -0.137. The number of nitrogens with zero attached hydrogens (tertiary/aromatic N) is 2. The molecule has 0 aliphatic rings. The summed E-state index contributed by atoms with van der Waals surface area (Å²) in [5.74, 6) is -0.351. The first-order chi connectivity index (χ1) is 10.5. The number of hydrogen-bond donors (Lipinski definition) is 0. The zero-order valence-electron chi connectivity index (χ0n) is 11.4. The molecular formula is C16H11F3N2O. The van der Waals surface area contributed by atoms with Crippen molar-refractivity contribution in [3.63, 3.8) is 0 Å². The van der Waals surface area contributed by atoms with Crippen molar-refractivity contribution in [2.24, 2.45) is 0 Å². The molecule has 1 aromatic heterocycles. The van der Waals surface area contributed by atoms with E-state index in [1.165, 1.54) is 12.1 Å². The molecule has 0 aliphatic heterocycles. The molecule has 1 heterocycles. The van der Waals surface area contributed by atoms with Crippen molar-refractivity contribution in [2.75, 3.05) is 6.61 Å². The lowest BCUT2D eigenvalue weighted by Crippen LogP contribution is -2.11. The summed E-state index contributed by atoms with van der Waals surface area (Å²) in [7, 11) is 0. The van der Waals surface area contributed by atoms with Gasteiger partial charge in [0.15, 0.2) is 0 Å². The van der Waals surface area contributed by atoms with Crippen LogP contribution in [-0.4, -0.2) is 11.6 Å². The van der Waals surface area contributed by atoms with Crippen LogP contribution in [0.3, 0.4) is 0 Å². The average Bonchev–Trinajstić information content (AvgIpc) is 2.51. The molecule has 0 spiro atoms. The van der Waals surface area contributed by atoms with Crippen LogP contribution in [0.4, 0.5) is 13.2 Å². The maximum absolute atomic E-state index is 13.2. The number of pyridine rings is 1. The molecule has 0 N–H and O–H groups in total. The van der Waals surface area contributed by atoms with Gasteiger partial charge >= 0.3 is 6.18 Å². The maximum atomic E-state index is 13.2. The fraction of sp³-hybridized carbons (Fsp3) is 0.125. The van der Waals surface area contributed by atoms with E-state index in [9.17, 15) is 13.2 Å². The van der Waals surface area contributed by atoms with E-state index in [0.717, 1.165) is 6.07 Å². The van der Waals surface area contributed by atoms with Crippen LogP contribution in [0.15, 0.2) is 49.1 Å². The molecule has 1 aromatic carbocycles. The fourth-order valence-corrected chi connectivity index (χ4v) is 1.85. The second-order valence-corrected chi connectivity index (χ2v) is 4.31. The third-order valence-corrected chi connectivity index (χ3v) is 2.81. The number of nitriles is 1. The van der Waals surface area contributed by atoms with E-state index in [-0.39, 0.29) is 18.2 Å². The van der Waals surface area contributed by atoms with Gasteiger partial charge in [-0.3, -0.25) is 0 Å². The summed E-state index contributed by atoms with van der Waals surface area (Å²) >= 11 is 0. The van der Waals surface area contributed by atoms with Crippen LogP contribution >= 0.6 is 0 Å². The summed E-state index contributed by atoms with van der Waals surface area (Å²) in [6, 6.07) is 10.8. The minimum atomic E-state index is -4.68. The topological polar surface area (TPSA) is 45.9 Å². The monoisotopic (exact) mass is 304 g/mol. The van der Waals surface area contributed by atoms with Crippen LogP contribution in [0.1, 0.15) is 11.1 Å². The molecule has 2 rings (SSSR count). The van der Waals surface area contributed by atoms with Crippen molar-refractivity contribution in [3.05, 3.63) is 60.2 Å². The molecule has 2 aromatic rings. The molecule has 112 valence electrons. The third kappa shape index (κ3) is 3.26. The number of benzene rings is 1. The number of halogens is 3. The Bertz CT molecular complexity index is 719. The highest BCUT2D eigenvalue weighted by molar-refractivity contribution is 5.63. The molecule has 0 bridgehead atoms. The zero-order valence-corrected chi connectivity index (χ0v) is 11.4. The molecule has 0 saturated carbocycles. The molecule has 0 unspecified atom stereocenters. The Labute approximate surface area is 125 Å². The molecular weight excluding hydrogens is 293 g/mol. The van der Waals surface area contributed by atoms with Gasteiger partial charge < -0.3 is 4.74 Å². The summed E-state index contributed by atoms with van der Waals surface area (Å²) in [6.45, 7) is 3.38. The summed E-state index contributed by atoms with van der Waals surface area (Å²) in [5, 5.41) is 9.03. The highest BCUT2D eigenvalue weighted by Gasteiger charge is 2.36. The second-order valence-electron chi connectivity index (χ2n) is 4.31. The Morgan fingerprint density at radius 2 is 1.95 bits per heavy atom. The standard InChI is InChI=1S/C16H11F3N2O/c1-2-8-22-15-12(10-20)13(16(17,18)19)9-14(21-15)11-6-4-3-5-7-11/h2-7,9H,1,8H2. The number of aromatic nitrogens is 1. The number of alkyl halides is 3. The summed E-state index contributed by atoms with van der Waals surface area (Å²) in [4.78, 5) is 4.03. The Hall–Kier alpha value is -2.81. The molecule has 22 heavy (non-hydrogen) atoms. The van der Waals surface area contributed by atoms with Crippen LogP contribution < -0.4 is 4.74 Å². The minimum absolute atomic E-state index is 0.0444.